The zero-order valence-electron chi connectivity index (χ0n) is 11.7. The smallest absolute Gasteiger partial charge is 0.340 e. The molecule has 0 saturated carbocycles. The largest absolute Gasteiger partial charge is 0.508 e. The van der Waals surface area contributed by atoms with Crippen molar-refractivity contribution in [3.05, 3.63) is 76.1 Å². The molecule has 21 heavy (non-hydrogen) atoms. The van der Waals surface area contributed by atoms with E-state index in [2.05, 4.69) is 0 Å². The van der Waals surface area contributed by atoms with E-state index in [1.54, 1.807) is 18.2 Å². The summed E-state index contributed by atoms with van der Waals surface area (Å²) in [4.78, 5) is 12.3. The Morgan fingerprint density at radius 3 is 2.52 bits per heavy atom. The number of phenolic OH excluding ortho intramolecular Hbond substituents is 1. The zero-order valence-corrected chi connectivity index (χ0v) is 11.7. The van der Waals surface area contributed by atoms with Gasteiger partial charge < -0.3 is 9.52 Å². The lowest BCUT2D eigenvalue weighted by Gasteiger charge is -2.16. The molecule has 0 aliphatic carbocycles. The Labute approximate surface area is 122 Å². The van der Waals surface area contributed by atoms with Gasteiger partial charge in [-0.3, -0.25) is 0 Å². The van der Waals surface area contributed by atoms with E-state index < -0.39 is 0 Å². The SMILES string of the molecule is CCC(c1ccccc1O)c1cc2ccccc2oc1=O. The summed E-state index contributed by atoms with van der Waals surface area (Å²) in [6.45, 7) is 1.99. The molecule has 0 aliphatic rings. The molecule has 0 saturated heterocycles. The van der Waals surface area contributed by atoms with Crippen LogP contribution in [0.3, 0.4) is 0 Å². The molecule has 0 spiro atoms. The Balaban J connectivity index is 2.20. The Bertz CT molecular complexity index is 833. The fourth-order valence-corrected chi connectivity index (χ4v) is 2.71. The summed E-state index contributed by atoms with van der Waals surface area (Å²) in [7, 11) is 0. The third kappa shape index (κ3) is 2.42. The minimum atomic E-state index is -0.344. The second-order valence-corrected chi connectivity index (χ2v) is 5.05. The van der Waals surface area contributed by atoms with Gasteiger partial charge >= 0.3 is 5.63 Å². The van der Waals surface area contributed by atoms with Gasteiger partial charge in [0.15, 0.2) is 0 Å². The molecule has 106 valence electrons. The molecule has 3 heteroatoms. The van der Waals surface area contributed by atoms with E-state index in [0.29, 0.717) is 17.6 Å². The summed E-state index contributed by atoms with van der Waals surface area (Å²) in [6, 6.07) is 16.4. The van der Waals surface area contributed by atoms with E-state index in [4.69, 9.17) is 4.42 Å². The molecule has 0 amide bonds. The number of phenols is 1. The molecule has 0 fully saturated rings. The Morgan fingerprint density at radius 1 is 1.05 bits per heavy atom. The van der Waals surface area contributed by atoms with Crippen LogP contribution < -0.4 is 5.63 Å². The van der Waals surface area contributed by atoms with E-state index in [-0.39, 0.29) is 17.3 Å². The summed E-state index contributed by atoms with van der Waals surface area (Å²) >= 11 is 0. The molecule has 3 nitrogen and oxygen atoms in total. The zero-order chi connectivity index (χ0) is 14.8. The highest BCUT2D eigenvalue weighted by atomic mass is 16.4. The van der Waals surface area contributed by atoms with Crippen LogP contribution in [0.1, 0.15) is 30.4 Å². The number of benzene rings is 2. The molecule has 3 aromatic rings. The maximum Gasteiger partial charge on any atom is 0.340 e. The maximum atomic E-state index is 12.3. The van der Waals surface area contributed by atoms with Crippen molar-refractivity contribution in [3.63, 3.8) is 0 Å². The minimum absolute atomic E-state index is 0.174. The van der Waals surface area contributed by atoms with Crippen molar-refractivity contribution in [2.45, 2.75) is 19.3 Å². The molecular weight excluding hydrogens is 264 g/mol. The highest BCUT2D eigenvalue weighted by molar-refractivity contribution is 5.77. The Morgan fingerprint density at radius 2 is 1.76 bits per heavy atom. The van der Waals surface area contributed by atoms with E-state index in [1.165, 1.54) is 0 Å². The van der Waals surface area contributed by atoms with Crippen molar-refractivity contribution in [2.24, 2.45) is 0 Å². The van der Waals surface area contributed by atoms with Crippen LogP contribution in [0.2, 0.25) is 0 Å². The summed E-state index contributed by atoms with van der Waals surface area (Å²) in [5.41, 5.74) is 1.57. The van der Waals surface area contributed by atoms with Crippen LogP contribution in [0.5, 0.6) is 5.75 Å². The molecular formula is C18H16O3. The van der Waals surface area contributed by atoms with Gasteiger partial charge in [0.2, 0.25) is 0 Å². The summed E-state index contributed by atoms with van der Waals surface area (Å²) in [6.07, 6.45) is 0.709. The van der Waals surface area contributed by atoms with Crippen LogP contribution in [-0.4, -0.2) is 5.11 Å². The molecule has 2 aromatic carbocycles. The van der Waals surface area contributed by atoms with Crippen molar-refractivity contribution in [1.82, 2.24) is 0 Å². The summed E-state index contributed by atoms with van der Waals surface area (Å²) < 4.78 is 5.40. The van der Waals surface area contributed by atoms with Crippen LogP contribution in [0.15, 0.2) is 63.8 Å². The normalized spacial score (nSPS) is 12.4. The van der Waals surface area contributed by atoms with E-state index in [9.17, 15) is 9.90 Å². The highest BCUT2D eigenvalue weighted by Gasteiger charge is 2.20. The van der Waals surface area contributed by atoms with E-state index in [0.717, 1.165) is 10.9 Å². The second kappa shape index (κ2) is 5.44. The standard InChI is InChI=1S/C18H16O3/c1-2-13(14-8-4-5-9-16(14)19)15-11-12-7-3-6-10-17(12)21-18(15)20/h3-11,13,19H,2H2,1H3. The van der Waals surface area contributed by atoms with Gasteiger partial charge in [-0.1, -0.05) is 43.3 Å². The first-order valence-electron chi connectivity index (χ1n) is 7.01. The third-order valence-electron chi connectivity index (χ3n) is 3.76. The van der Waals surface area contributed by atoms with Gasteiger partial charge in [0, 0.05) is 22.4 Å². The lowest BCUT2D eigenvalue weighted by Crippen LogP contribution is -2.13. The topological polar surface area (TPSA) is 50.4 Å². The van der Waals surface area contributed by atoms with Crippen molar-refractivity contribution in [2.75, 3.05) is 0 Å². The van der Waals surface area contributed by atoms with Crippen molar-refractivity contribution < 1.29 is 9.52 Å². The molecule has 3 rings (SSSR count). The molecule has 1 aromatic heterocycles. The van der Waals surface area contributed by atoms with Gasteiger partial charge in [-0.05, 0) is 24.6 Å². The molecule has 1 heterocycles. The number of aromatic hydroxyl groups is 1. The van der Waals surface area contributed by atoms with Gasteiger partial charge in [-0.15, -0.1) is 0 Å². The second-order valence-electron chi connectivity index (χ2n) is 5.05. The molecule has 0 aliphatic heterocycles. The summed E-state index contributed by atoms with van der Waals surface area (Å²) in [5, 5.41) is 10.9. The van der Waals surface area contributed by atoms with Gasteiger partial charge in [-0.2, -0.15) is 0 Å². The Hall–Kier alpha value is -2.55. The molecule has 0 bridgehead atoms. The van der Waals surface area contributed by atoms with Crippen LogP contribution in [0.4, 0.5) is 0 Å². The van der Waals surface area contributed by atoms with Crippen LogP contribution in [0.25, 0.3) is 11.0 Å². The maximum absolute atomic E-state index is 12.3. The number of fused-ring (bicyclic) bond motifs is 1. The van der Waals surface area contributed by atoms with Crippen molar-refractivity contribution >= 4 is 11.0 Å². The Kier molecular flexibility index (Phi) is 3.48. The molecule has 0 radical (unpaired) electrons. The fourth-order valence-electron chi connectivity index (χ4n) is 2.71. The highest BCUT2D eigenvalue weighted by Crippen LogP contribution is 2.33. The van der Waals surface area contributed by atoms with Gasteiger partial charge in [0.05, 0.1) is 0 Å². The quantitative estimate of drug-likeness (QED) is 0.737. The van der Waals surface area contributed by atoms with Gasteiger partial charge in [-0.25, -0.2) is 4.79 Å². The number of hydrogen-bond acceptors (Lipinski definition) is 3. The first-order chi connectivity index (χ1) is 10.2. The minimum Gasteiger partial charge on any atom is -0.508 e. The third-order valence-corrected chi connectivity index (χ3v) is 3.76. The molecule has 1 unspecified atom stereocenters. The van der Waals surface area contributed by atoms with Gasteiger partial charge in [0.25, 0.3) is 0 Å². The van der Waals surface area contributed by atoms with Crippen molar-refractivity contribution in [3.8, 4) is 5.75 Å². The van der Waals surface area contributed by atoms with Crippen LogP contribution in [-0.2, 0) is 0 Å². The monoisotopic (exact) mass is 280 g/mol. The van der Waals surface area contributed by atoms with Gasteiger partial charge in [0.1, 0.15) is 11.3 Å². The number of hydrogen-bond donors (Lipinski definition) is 1. The van der Waals surface area contributed by atoms with Crippen LogP contribution in [0, 0.1) is 0 Å². The van der Waals surface area contributed by atoms with Crippen molar-refractivity contribution in [1.29, 1.82) is 0 Å². The lowest BCUT2D eigenvalue weighted by molar-refractivity contribution is 0.462. The number of rotatable bonds is 3. The average Bonchev–Trinajstić information content (AvgIpc) is 2.50. The summed E-state index contributed by atoms with van der Waals surface area (Å²) in [5.74, 6) is 0.0314. The van der Waals surface area contributed by atoms with Crippen LogP contribution >= 0.6 is 0 Å². The predicted octanol–water partition coefficient (Wildman–Crippen LogP) is 4.04. The number of para-hydroxylation sites is 2. The average molecular weight is 280 g/mol. The lowest BCUT2D eigenvalue weighted by atomic mass is 9.89. The van der Waals surface area contributed by atoms with E-state index in [1.807, 2.05) is 43.3 Å². The first kappa shape index (κ1) is 13.4. The molecule has 1 N–H and O–H groups in total. The van der Waals surface area contributed by atoms with E-state index >= 15 is 0 Å². The first-order valence-corrected chi connectivity index (χ1v) is 7.01. The fraction of sp³-hybridized carbons (Fsp3) is 0.167. The molecule has 1 atom stereocenters. The predicted molar refractivity (Wildman–Crippen MR) is 82.7 cm³/mol.